The molecule has 1 radical (unpaired) electrons. The van der Waals surface area contributed by atoms with Gasteiger partial charge in [0, 0.05) is 38.1 Å². The fourth-order valence-electron chi connectivity index (χ4n) is 5.93. The number of rotatable bonds is 5. The number of pyridine rings is 1. The fraction of sp³-hybridized carbons (Fsp3) is 0.200. The van der Waals surface area contributed by atoms with Crippen molar-refractivity contribution in [2.24, 2.45) is 0 Å². The molecule has 3 nitrogen and oxygen atoms in total. The molecule has 5 aromatic rings. The molecule has 6 rings (SSSR count). The molecule has 0 amide bonds. The molecule has 1 aliphatic carbocycles. The predicted molar refractivity (Wildman–Crippen MR) is 180 cm³/mol. The van der Waals surface area contributed by atoms with Crippen molar-refractivity contribution in [3.05, 3.63) is 137 Å². The predicted octanol–water partition coefficient (Wildman–Crippen LogP) is 10.4. The number of fused-ring (bicyclic) bond motifs is 2. The molecule has 0 spiro atoms. The van der Waals surface area contributed by atoms with Crippen LogP contribution in [0.5, 0.6) is 0 Å². The third kappa shape index (κ3) is 6.83. The molecule has 0 atom stereocenters. The van der Waals surface area contributed by atoms with E-state index in [1.54, 1.807) is 0 Å². The fourth-order valence-corrected chi connectivity index (χ4v) is 5.93. The zero-order chi connectivity index (χ0) is 30.7. The molecule has 0 unspecified atom stereocenters. The van der Waals surface area contributed by atoms with E-state index < -0.39 is 0 Å². The molecule has 0 fully saturated rings. The van der Waals surface area contributed by atoms with Gasteiger partial charge in [0.1, 0.15) is 0 Å². The monoisotopic (exact) mass is 757 g/mol. The van der Waals surface area contributed by atoms with Gasteiger partial charge in [-0.1, -0.05) is 129 Å². The summed E-state index contributed by atoms with van der Waals surface area (Å²) in [7, 11) is 0. The van der Waals surface area contributed by atoms with Crippen LogP contribution in [-0.2, 0) is 30.3 Å². The Labute approximate surface area is 274 Å². The van der Waals surface area contributed by atoms with Crippen molar-refractivity contribution in [2.75, 3.05) is 0 Å². The molecule has 44 heavy (non-hydrogen) atoms. The average Bonchev–Trinajstić information content (AvgIpc) is 3.26. The molecule has 1 heterocycles. The minimum Gasteiger partial charge on any atom is -0.512 e. The molecule has 0 saturated heterocycles. The summed E-state index contributed by atoms with van der Waals surface area (Å²) < 4.78 is 0. The van der Waals surface area contributed by atoms with Crippen molar-refractivity contribution < 1.29 is 30.0 Å². The third-order valence-corrected chi connectivity index (χ3v) is 7.98. The van der Waals surface area contributed by atoms with Crippen LogP contribution in [-0.4, -0.2) is 15.9 Å². The standard InChI is InChI=1S/C35H30N.C5H8O2.Ir/c1-23(2)27-16-15-25-17-18-36-34(31(25)20-27)29-19-28-22-32(26-13-9-6-10-14-26)35(3,4)33(28)30(21-29)24-11-7-5-8-12-24;1-4(6)3-5(2)7;/h5-18,20-23H,1-4H3;3,6H,1-2H3;/q-1;;/b;4-3-;. The Morgan fingerprint density at radius 2 is 1.52 bits per heavy atom. The second-order valence-corrected chi connectivity index (χ2v) is 12.0. The van der Waals surface area contributed by atoms with E-state index in [0.29, 0.717) is 5.92 Å². The number of carbonyl (C=O) groups is 1. The third-order valence-electron chi connectivity index (χ3n) is 7.98. The van der Waals surface area contributed by atoms with Gasteiger partial charge in [-0.3, -0.25) is 9.78 Å². The van der Waals surface area contributed by atoms with Crippen LogP contribution >= 0.6 is 0 Å². The summed E-state index contributed by atoms with van der Waals surface area (Å²) in [6.45, 7) is 12.0. The minimum absolute atomic E-state index is 0. The molecule has 1 N–H and O–H groups in total. The van der Waals surface area contributed by atoms with Gasteiger partial charge >= 0.3 is 0 Å². The van der Waals surface area contributed by atoms with Crippen LogP contribution in [0.2, 0.25) is 0 Å². The van der Waals surface area contributed by atoms with Crippen LogP contribution in [0, 0.1) is 6.07 Å². The van der Waals surface area contributed by atoms with Gasteiger partial charge in [0.25, 0.3) is 0 Å². The molecule has 1 aromatic heterocycles. The summed E-state index contributed by atoms with van der Waals surface area (Å²) in [5.74, 6) is 0.399. The zero-order valence-corrected chi connectivity index (χ0v) is 28.5. The number of nitrogens with zero attached hydrogens (tertiary/aromatic N) is 1. The van der Waals surface area contributed by atoms with E-state index in [2.05, 4.69) is 131 Å². The molecule has 1 aliphatic rings. The van der Waals surface area contributed by atoms with E-state index in [1.165, 1.54) is 64.1 Å². The van der Waals surface area contributed by atoms with Gasteiger partial charge in [0.2, 0.25) is 0 Å². The summed E-state index contributed by atoms with van der Waals surface area (Å²) in [6.07, 6.45) is 5.43. The van der Waals surface area contributed by atoms with Crippen molar-refractivity contribution in [2.45, 2.75) is 52.9 Å². The van der Waals surface area contributed by atoms with E-state index in [4.69, 9.17) is 10.1 Å². The van der Waals surface area contributed by atoms with Gasteiger partial charge in [-0.15, -0.1) is 23.8 Å². The number of aliphatic hydroxyl groups excluding tert-OH is 1. The van der Waals surface area contributed by atoms with Crippen molar-refractivity contribution >= 4 is 28.2 Å². The smallest absolute Gasteiger partial charge is 0.155 e. The van der Waals surface area contributed by atoms with E-state index in [9.17, 15) is 4.79 Å². The van der Waals surface area contributed by atoms with Gasteiger partial charge in [0.05, 0.1) is 5.76 Å². The normalized spacial score (nSPS) is 13.4. The number of aliphatic hydroxyl groups is 1. The molecule has 4 heteroatoms. The average molecular weight is 757 g/mol. The molecule has 225 valence electrons. The maximum absolute atomic E-state index is 10.0. The zero-order valence-electron chi connectivity index (χ0n) is 26.1. The van der Waals surface area contributed by atoms with Crippen LogP contribution in [0.25, 0.3) is 44.8 Å². The first-order valence-electron chi connectivity index (χ1n) is 14.8. The number of hydrogen-bond acceptors (Lipinski definition) is 3. The summed E-state index contributed by atoms with van der Waals surface area (Å²) in [6, 6.07) is 36.5. The summed E-state index contributed by atoms with van der Waals surface area (Å²) in [5.41, 5.74) is 10.8. The molecular formula is C40H38IrNO2-. The number of hydrogen-bond donors (Lipinski definition) is 1. The van der Waals surface area contributed by atoms with E-state index >= 15 is 0 Å². The van der Waals surface area contributed by atoms with E-state index in [1.807, 2.05) is 6.20 Å². The Morgan fingerprint density at radius 3 is 2.09 bits per heavy atom. The van der Waals surface area contributed by atoms with E-state index in [0.717, 1.165) is 16.8 Å². The van der Waals surface area contributed by atoms with Crippen LogP contribution in [0.1, 0.15) is 69.7 Å². The van der Waals surface area contributed by atoms with Crippen molar-refractivity contribution in [3.63, 3.8) is 0 Å². The summed E-state index contributed by atoms with van der Waals surface area (Å²) >= 11 is 0. The van der Waals surface area contributed by atoms with Crippen LogP contribution in [0.4, 0.5) is 0 Å². The molecule has 0 aliphatic heterocycles. The van der Waals surface area contributed by atoms with Crippen molar-refractivity contribution in [1.29, 1.82) is 0 Å². The Hall–Kier alpha value is -4.11. The summed E-state index contributed by atoms with van der Waals surface area (Å²) in [4.78, 5) is 14.9. The van der Waals surface area contributed by atoms with E-state index in [-0.39, 0.29) is 37.1 Å². The first kappa shape index (κ1) is 32.8. The number of allylic oxidation sites excluding steroid dienone is 3. The van der Waals surface area contributed by atoms with Gasteiger partial charge in [-0.05, 0) is 58.7 Å². The van der Waals surface area contributed by atoms with Gasteiger partial charge in [-0.2, -0.15) is 0 Å². The second kappa shape index (κ2) is 13.7. The minimum atomic E-state index is -0.145. The number of ketones is 1. The summed E-state index contributed by atoms with van der Waals surface area (Å²) in [5, 5.41) is 10.8. The largest absolute Gasteiger partial charge is 0.512 e. The molecular weight excluding hydrogens is 719 g/mol. The Kier molecular flexibility index (Phi) is 10.2. The second-order valence-electron chi connectivity index (χ2n) is 12.0. The van der Waals surface area contributed by atoms with Crippen LogP contribution in [0.15, 0.2) is 109 Å². The quantitative estimate of drug-likeness (QED) is 0.110. The molecule has 0 bridgehead atoms. The molecule has 4 aromatic carbocycles. The van der Waals surface area contributed by atoms with Crippen LogP contribution in [0.3, 0.4) is 0 Å². The SMILES string of the molecule is CC(=O)/C=C(/C)O.CC(C)c1ccc2ccnc(-c3[c-]c4c(c(-c5ccccc5)c3)C(C)(C)C(c3ccccc3)=C4)c2c1.[Ir]. The number of aromatic nitrogens is 1. The molecule has 0 saturated carbocycles. The maximum atomic E-state index is 10.0. The van der Waals surface area contributed by atoms with Gasteiger partial charge < -0.3 is 5.11 Å². The number of carbonyl (C=O) groups excluding carboxylic acids is 1. The first-order valence-corrected chi connectivity index (χ1v) is 14.8. The van der Waals surface area contributed by atoms with Gasteiger partial charge in [-0.25, -0.2) is 0 Å². The topological polar surface area (TPSA) is 50.2 Å². The van der Waals surface area contributed by atoms with Crippen LogP contribution < -0.4 is 0 Å². The maximum Gasteiger partial charge on any atom is 0.155 e. The Morgan fingerprint density at radius 1 is 0.886 bits per heavy atom. The van der Waals surface area contributed by atoms with Gasteiger partial charge in [0.15, 0.2) is 5.78 Å². The first-order chi connectivity index (χ1) is 20.6. The van der Waals surface area contributed by atoms with Crippen molar-refractivity contribution in [1.82, 2.24) is 4.98 Å². The number of benzene rings is 4. The van der Waals surface area contributed by atoms with Crippen molar-refractivity contribution in [3.8, 4) is 22.4 Å². The Balaban J connectivity index is 0.000000497. The Bertz CT molecular complexity index is 1850.